The highest BCUT2D eigenvalue weighted by molar-refractivity contribution is 7.73. The fourth-order valence-corrected chi connectivity index (χ4v) is 5.02. The number of aryl methyl sites for hydroxylation is 2. The zero-order chi connectivity index (χ0) is 21.0. The van der Waals surface area contributed by atoms with Gasteiger partial charge in [0.2, 0.25) is 5.91 Å². The van der Waals surface area contributed by atoms with Crippen LogP contribution in [0.1, 0.15) is 54.0 Å². The maximum absolute atomic E-state index is 12.4. The van der Waals surface area contributed by atoms with Gasteiger partial charge >= 0.3 is 0 Å². The van der Waals surface area contributed by atoms with Crippen LogP contribution in [-0.2, 0) is 17.6 Å². The Morgan fingerprint density at radius 3 is 2.93 bits per heavy atom. The predicted molar refractivity (Wildman–Crippen MR) is 120 cm³/mol. The van der Waals surface area contributed by atoms with Gasteiger partial charge in [-0.1, -0.05) is 31.3 Å². The number of nitrogens with one attached hydrogen (secondary N) is 1. The largest absolute Gasteiger partial charge is 0.493 e. The van der Waals surface area contributed by atoms with Gasteiger partial charge in [-0.3, -0.25) is 4.79 Å². The lowest BCUT2D eigenvalue weighted by atomic mass is 9.85. The van der Waals surface area contributed by atoms with Crippen molar-refractivity contribution < 1.29 is 9.53 Å². The molecule has 0 fully saturated rings. The van der Waals surface area contributed by atoms with Crippen LogP contribution >= 0.6 is 23.6 Å². The van der Waals surface area contributed by atoms with Gasteiger partial charge in [0.15, 0.2) is 0 Å². The van der Waals surface area contributed by atoms with E-state index in [1.807, 2.05) is 26.0 Å². The first-order valence-corrected chi connectivity index (χ1v) is 11.2. The van der Waals surface area contributed by atoms with Crippen LogP contribution in [0.15, 0.2) is 18.2 Å². The van der Waals surface area contributed by atoms with E-state index < -0.39 is 0 Å². The van der Waals surface area contributed by atoms with Crippen LogP contribution in [0.4, 0.5) is 5.00 Å². The number of anilines is 1. The maximum Gasteiger partial charge on any atom is 0.225 e. The molecule has 0 aliphatic heterocycles. The lowest BCUT2D eigenvalue weighted by molar-refractivity contribution is -0.116. The molecule has 1 aromatic carbocycles. The van der Waals surface area contributed by atoms with Crippen LogP contribution in [0.3, 0.4) is 0 Å². The summed E-state index contributed by atoms with van der Waals surface area (Å²) in [5, 5.41) is 13.2. The van der Waals surface area contributed by atoms with E-state index in [9.17, 15) is 10.1 Å². The molecule has 6 heteroatoms. The summed E-state index contributed by atoms with van der Waals surface area (Å²) in [7, 11) is 0. The van der Waals surface area contributed by atoms with E-state index in [-0.39, 0.29) is 5.91 Å². The fourth-order valence-electron chi connectivity index (χ4n) is 3.61. The van der Waals surface area contributed by atoms with Gasteiger partial charge in [-0.15, -0.1) is 11.3 Å². The molecular formula is C23H26N2O2S2. The molecule has 0 saturated carbocycles. The van der Waals surface area contributed by atoms with E-state index in [1.54, 1.807) is 0 Å². The minimum Gasteiger partial charge on any atom is -0.493 e. The summed E-state index contributed by atoms with van der Waals surface area (Å²) >= 11 is 6.90. The highest BCUT2D eigenvalue weighted by atomic mass is 32.1. The third-order valence-electron chi connectivity index (χ3n) is 5.29. The van der Waals surface area contributed by atoms with E-state index >= 15 is 0 Å². The number of carbonyl (C=O) groups is 1. The van der Waals surface area contributed by atoms with Gasteiger partial charge in [0.1, 0.15) is 16.8 Å². The minimum atomic E-state index is -0.110. The molecule has 1 atom stereocenters. The molecule has 152 valence electrons. The quantitative estimate of drug-likeness (QED) is 0.462. The fraction of sp³-hybridized carbons (Fsp3) is 0.435. The van der Waals surface area contributed by atoms with Crippen LogP contribution in [0.25, 0.3) is 0 Å². The second kappa shape index (κ2) is 9.51. The SMILES string of the molecule is Cc1ccc(C)c(OCCCC(=O)Nc2sc(=S)c3c(c2C#N)CCC(C)C3)c1. The number of amides is 1. The molecule has 1 amide bonds. The average Bonchev–Trinajstić information content (AvgIpc) is 2.68. The van der Waals surface area contributed by atoms with E-state index in [0.717, 1.165) is 51.1 Å². The van der Waals surface area contributed by atoms with Crippen molar-refractivity contribution >= 4 is 34.5 Å². The lowest BCUT2D eigenvalue weighted by Gasteiger charge is -2.23. The van der Waals surface area contributed by atoms with E-state index in [2.05, 4.69) is 24.4 Å². The molecule has 1 aliphatic rings. The van der Waals surface area contributed by atoms with Gasteiger partial charge in [-0.25, -0.2) is 0 Å². The Bertz CT molecular complexity index is 1020. The molecule has 4 nitrogen and oxygen atoms in total. The molecule has 0 spiro atoms. The number of nitriles is 1. The molecule has 1 unspecified atom stereocenters. The van der Waals surface area contributed by atoms with Crippen molar-refractivity contribution in [2.24, 2.45) is 5.92 Å². The number of carbonyl (C=O) groups excluding carboxylic acids is 1. The van der Waals surface area contributed by atoms with Gasteiger partial charge in [-0.05, 0) is 73.8 Å². The summed E-state index contributed by atoms with van der Waals surface area (Å²) in [6, 6.07) is 8.39. The van der Waals surface area contributed by atoms with E-state index in [4.69, 9.17) is 17.0 Å². The predicted octanol–water partition coefficient (Wildman–Crippen LogP) is 5.89. The molecule has 29 heavy (non-hydrogen) atoms. The summed E-state index contributed by atoms with van der Waals surface area (Å²) in [4.78, 5) is 12.4. The molecular weight excluding hydrogens is 400 g/mol. The molecule has 0 saturated heterocycles. The Balaban J connectivity index is 1.61. The first-order valence-electron chi connectivity index (χ1n) is 9.98. The average molecular weight is 427 g/mol. The molecule has 3 rings (SSSR count). The second-order valence-corrected chi connectivity index (χ2v) is 9.47. The number of hydrogen-bond donors (Lipinski definition) is 1. The first-order chi connectivity index (χ1) is 13.9. The van der Waals surface area contributed by atoms with Crippen LogP contribution in [0.2, 0.25) is 0 Å². The van der Waals surface area contributed by atoms with Crippen molar-refractivity contribution in [1.82, 2.24) is 0 Å². The zero-order valence-electron chi connectivity index (χ0n) is 17.1. The number of fused-ring (bicyclic) bond motifs is 1. The van der Waals surface area contributed by atoms with Crippen LogP contribution in [0, 0.1) is 34.9 Å². The van der Waals surface area contributed by atoms with Crippen LogP contribution in [-0.4, -0.2) is 12.5 Å². The highest BCUT2D eigenvalue weighted by Gasteiger charge is 2.23. The minimum absolute atomic E-state index is 0.110. The number of rotatable bonds is 6. The van der Waals surface area contributed by atoms with Gasteiger partial charge in [0.25, 0.3) is 0 Å². The smallest absolute Gasteiger partial charge is 0.225 e. The van der Waals surface area contributed by atoms with Crippen LogP contribution in [0.5, 0.6) is 5.75 Å². The number of hydrogen-bond acceptors (Lipinski definition) is 5. The van der Waals surface area contributed by atoms with Gasteiger partial charge in [0.05, 0.1) is 16.0 Å². The molecule has 0 radical (unpaired) electrons. The molecule has 2 aromatic rings. The normalized spacial score (nSPS) is 15.3. The van der Waals surface area contributed by atoms with Crippen molar-refractivity contribution in [2.45, 2.75) is 52.9 Å². The Morgan fingerprint density at radius 1 is 1.38 bits per heavy atom. The summed E-state index contributed by atoms with van der Waals surface area (Å²) in [5.41, 5.74) is 4.98. The summed E-state index contributed by atoms with van der Waals surface area (Å²) in [5.74, 6) is 1.33. The van der Waals surface area contributed by atoms with Gasteiger partial charge < -0.3 is 10.1 Å². The summed E-state index contributed by atoms with van der Waals surface area (Å²) in [6.07, 6.45) is 3.76. The van der Waals surface area contributed by atoms with Crippen molar-refractivity contribution in [3.05, 3.63) is 49.8 Å². The standard InChI is InChI=1S/C23H26N2O2S2/c1-14-7-9-17-18(11-14)23(28)29-22(19(17)13-24)25-21(26)5-4-10-27-20-12-15(2)6-8-16(20)3/h6,8,12,14H,4-5,7,9-11H2,1-3H3,(H,25,26). The highest BCUT2D eigenvalue weighted by Crippen LogP contribution is 2.36. The topological polar surface area (TPSA) is 62.1 Å². The number of ether oxygens (including phenoxy) is 1. The lowest BCUT2D eigenvalue weighted by Crippen LogP contribution is -2.17. The molecule has 0 bridgehead atoms. The molecule has 1 N–H and O–H groups in total. The van der Waals surface area contributed by atoms with E-state index in [0.29, 0.717) is 35.9 Å². The Morgan fingerprint density at radius 2 is 2.17 bits per heavy atom. The number of benzene rings is 1. The van der Waals surface area contributed by atoms with E-state index in [1.165, 1.54) is 11.3 Å². The monoisotopic (exact) mass is 426 g/mol. The Labute approximate surface area is 181 Å². The summed E-state index contributed by atoms with van der Waals surface area (Å²) in [6.45, 7) is 6.72. The third-order valence-corrected chi connectivity index (χ3v) is 6.73. The third kappa shape index (κ3) is 5.23. The zero-order valence-corrected chi connectivity index (χ0v) is 18.8. The Hall–Kier alpha value is -2.23. The van der Waals surface area contributed by atoms with Gasteiger partial charge in [0, 0.05) is 6.42 Å². The van der Waals surface area contributed by atoms with Crippen LogP contribution < -0.4 is 10.1 Å². The second-order valence-electron chi connectivity index (χ2n) is 7.78. The Kier molecular flexibility index (Phi) is 7.05. The van der Waals surface area contributed by atoms with Crippen molar-refractivity contribution in [3.8, 4) is 11.8 Å². The van der Waals surface area contributed by atoms with Crippen molar-refractivity contribution in [3.63, 3.8) is 0 Å². The summed E-state index contributed by atoms with van der Waals surface area (Å²) < 4.78 is 6.61. The van der Waals surface area contributed by atoms with Gasteiger partial charge in [-0.2, -0.15) is 5.26 Å². The first kappa shape index (κ1) is 21.5. The maximum atomic E-state index is 12.4. The molecule has 1 aliphatic carbocycles. The van der Waals surface area contributed by atoms with Crippen molar-refractivity contribution in [1.29, 1.82) is 5.26 Å². The van der Waals surface area contributed by atoms with Crippen molar-refractivity contribution in [2.75, 3.05) is 11.9 Å². The number of nitrogens with zero attached hydrogens (tertiary/aromatic N) is 1. The molecule has 1 aromatic heterocycles. The molecule has 1 heterocycles.